The second-order valence-electron chi connectivity index (χ2n) is 6.95. The zero-order valence-corrected chi connectivity index (χ0v) is 16.3. The summed E-state index contributed by atoms with van der Waals surface area (Å²) in [5, 5.41) is 10.3. The van der Waals surface area contributed by atoms with Crippen molar-refractivity contribution < 1.29 is 18.0 Å². The van der Waals surface area contributed by atoms with E-state index in [1.165, 1.54) is 10.7 Å². The van der Waals surface area contributed by atoms with Crippen LogP contribution in [0.5, 0.6) is 0 Å². The van der Waals surface area contributed by atoms with Crippen molar-refractivity contribution in [1.29, 1.82) is 0 Å². The van der Waals surface area contributed by atoms with Crippen molar-refractivity contribution in [3.8, 4) is 11.3 Å². The highest BCUT2D eigenvalue weighted by molar-refractivity contribution is 6.03. The van der Waals surface area contributed by atoms with Crippen LogP contribution in [0.25, 0.3) is 16.9 Å². The largest absolute Gasteiger partial charge is 0.433 e. The van der Waals surface area contributed by atoms with Crippen LogP contribution in [0.4, 0.5) is 19.0 Å². The molecule has 0 radical (unpaired) electrons. The molecule has 0 aliphatic carbocycles. The molecule has 0 saturated heterocycles. The lowest BCUT2D eigenvalue weighted by Crippen LogP contribution is -2.16. The molecule has 3 heterocycles. The number of aryl methyl sites for hydroxylation is 3. The van der Waals surface area contributed by atoms with E-state index in [1.807, 2.05) is 19.9 Å². The highest BCUT2D eigenvalue weighted by Crippen LogP contribution is 2.32. The summed E-state index contributed by atoms with van der Waals surface area (Å²) in [4.78, 5) is 16.8. The molecule has 3 aromatic heterocycles. The Morgan fingerprint density at radius 2 is 1.80 bits per heavy atom. The Labute approximate surface area is 169 Å². The second-order valence-corrected chi connectivity index (χ2v) is 6.95. The number of carbonyl (C=O) groups excluding carboxylic acids is 1. The Kier molecular flexibility index (Phi) is 4.56. The van der Waals surface area contributed by atoms with Crippen LogP contribution in [0.1, 0.15) is 27.3 Å². The minimum absolute atomic E-state index is 0.0794. The lowest BCUT2D eigenvalue weighted by molar-refractivity contribution is -0.142. The highest BCUT2D eigenvalue weighted by Gasteiger charge is 2.35. The number of alkyl halides is 3. The number of halogens is 3. The molecule has 30 heavy (non-hydrogen) atoms. The SMILES string of the molecule is Cc1ccc(-c2cc(C(F)(F)F)n3nc(C(=O)Nc4ccn(C)n4)cc3n2)cc1C. The number of aromatic nitrogens is 5. The molecule has 0 saturated carbocycles. The number of hydrogen-bond donors (Lipinski definition) is 1. The molecule has 4 aromatic rings. The number of nitrogens with zero attached hydrogens (tertiary/aromatic N) is 5. The summed E-state index contributed by atoms with van der Waals surface area (Å²) in [5.41, 5.74) is 1.36. The van der Waals surface area contributed by atoms with Gasteiger partial charge in [0.05, 0.1) is 5.69 Å². The van der Waals surface area contributed by atoms with Crippen LogP contribution >= 0.6 is 0 Å². The van der Waals surface area contributed by atoms with Crippen molar-refractivity contribution in [3.63, 3.8) is 0 Å². The van der Waals surface area contributed by atoms with Crippen LogP contribution in [0, 0.1) is 13.8 Å². The topological polar surface area (TPSA) is 77.1 Å². The lowest BCUT2D eigenvalue weighted by atomic mass is 10.0. The summed E-state index contributed by atoms with van der Waals surface area (Å²) in [7, 11) is 1.68. The van der Waals surface area contributed by atoms with Gasteiger partial charge in [0.25, 0.3) is 5.91 Å². The number of hydrogen-bond acceptors (Lipinski definition) is 4. The minimum atomic E-state index is -4.68. The van der Waals surface area contributed by atoms with Gasteiger partial charge in [0.1, 0.15) is 0 Å². The Morgan fingerprint density at radius 3 is 2.43 bits per heavy atom. The summed E-state index contributed by atoms with van der Waals surface area (Å²) < 4.78 is 43.3. The zero-order valence-electron chi connectivity index (χ0n) is 16.3. The predicted octanol–water partition coefficient (Wildman–Crippen LogP) is 4.02. The molecule has 0 atom stereocenters. The van der Waals surface area contributed by atoms with E-state index >= 15 is 0 Å². The number of rotatable bonds is 3. The van der Waals surface area contributed by atoms with E-state index in [1.54, 1.807) is 31.4 Å². The highest BCUT2D eigenvalue weighted by atomic mass is 19.4. The first-order chi connectivity index (χ1) is 14.1. The van der Waals surface area contributed by atoms with E-state index in [-0.39, 0.29) is 22.9 Å². The van der Waals surface area contributed by atoms with E-state index in [0.29, 0.717) is 10.1 Å². The first kappa shape index (κ1) is 19.6. The molecule has 0 aliphatic rings. The molecule has 1 N–H and O–H groups in total. The van der Waals surface area contributed by atoms with Gasteiger partial charge in [-0.05, 0) is 37.1 Å². The maximum atomic E-state index is 13.7. The maximum absolute atomic E-state index is 13.7. The van der Waals surface area contributed by atoms with Crippen LogP contribution in [0.2, 0.25) is 0 Å². The molecule has 0 fully saturated rings. The minimum Gasteiger partial charge on any atom is -0.304 e. The lowest BCUT2D eigenvalue weighted by Gasteiger charge is -2.11. The van der Waals surface area contributed by atoms with Gasteiger partial charge in [-0.2, -0.15) is 23.4 Å². The number of benzene rings is 1. The summed E-state index contributed by atoms with van der Waals surface area (Å²) in [6.07, 6.45) is -3.06. The van der Waals surface area contributed by atoms with Crippen LogP contribution in [0.15, 0.2) is 42.6 Å². The van der Waals surface area contributed by atoms with E-state index in [0.717, 1.165) is 17.2 Å². The Bertz CT molecular complexity index is 1270. The van der Waals surface area contributed by atoms with Gasteiger partial charge in [-0.15, -0.1) is 0 Å². The van der Waals surface area contributed by atoms with Crippen LogP contribution in [-0.2, 0) is 13.2 Å². The van der Waals surface area contributed by atoms with Crippen molar-refractivity contribution in [3.05, 3.63) is 65.1 Å². The van der Waals surface area contributed by atoms with Crippen molar-refractivity contribution in [1.82, 2.24) is 24.4 Å². The average Bonchev–Trinajstić information content (AvgIpc) is 3.28. The molecule has 0 bridgehead atoms. The smallest absolute Gasteiger partial charge is 0.304 e. The standard InChI is InChI=1S/C20H17F3N6O/c1-11-4-5-13(8-12(11)2)14-9-16(20(21,22)23)29-18(24-14)10-15(26-29)19(30)25-17-6-7-28(3)27-17/h4-10H,1-3H3,(H,25,27,30). The van der Waals surface area contributed by atoms with Crippen molar-refractivity contribution in [2.75, 3.05) is 5.32 Å². The van der Waals surface area contributed by atoms with Gasteiger partial charge in [-0.3, -0.25) is 9.48 Å². The zero-order chi connectivity index (χ0) is 21.6. The third kappa shape index (κ3) is 3.63. The molecule has 4 rings (SSSR count). The molecule has 0 aliphatic heterocycles. The van der Waals surface area contributed by atoms with Gasteiger partial charge in [0, 0.05) is 30.9 Å². The number of anilines is 1. The average molecular weight is 414 g/mol. The summed E-state index contributed by atoms with van der Waals surface area (Å²) in [5.74, 6) is -0.417. The number of fused-ring (bicyclic) bond motifs is 1. The van der Waals surface area contributed by atoms with Gasteiger partial charge >= 0.3 is 6.18 Å². The number of amides is 1. The predicted molar refractivity (Wildman–Crippen MR) is 104 cm³/mol. The van der Waals surface area contributed by atoms with Gasteiger partial charge in [0.15, 0.2) is 22.9 Å². The third-order valence-electron chi connectivity index (χ3n) is 4.71. The van der Waals surface area contributed by atoms with Crippen LogP contribution in [0.3, 0.4) is 0 Å². The third-order valence-corrected chi connectivity index (χ3v) is 4.71. The van der Waals surface area contributed by atoms with E-state index in [9.17, 15) is 18.0 Å². The van der Waals surface area contributed by atoms with Crippen molar-refractivity contribution >= 4 is 17.4 Å². The van der Waals surface area contributed by atoms with Crippen LogP contribution < -0.4 is 5.32 Å². The molecule has 0 unspecified atom stereocenters. The normalized spacial score (nSPS) is 11.8. The van der Waals surface area contributed by atoms with E-state index < -0.39 is 17.8 Å². The monoisotopic (exact) mass is 414 g/mol. The molecular weight excluding hydrogens is 397 g/mol. The Morgan fingerprint density at radius 1 is 1.03 bits per heavy atom. The quantitative estimate of drug-likeness (QED) is 0.549. The summed E-state index contributed by atoms with van der Waals surface area (Å²) >= 11 is 0. The summed E-state index contributed by atoms with van der Waals surface area (Å²) in [6, 6.07) is 9.03. The fourth-order valence-corrected chi connectivity index (χ4v) is 3.00. The Balaban J connectivity index is 1.81. The Hall–Kier alpha value is -3.69. The van der Waals surface area contributed by atoms with Crippen molar-refractivity contribution in [2.45, 2.75) is 20.0 Å². The molecule has 154 valence electrons. The first-order valence-corrected chi connectivity index (χ1v) is 8.98. The molecule has 7 nitrogen and oxygen atoms in total. The van der Waals surface area contributed by atoms with Gasteiger partial charge in [-0.1, -0.05) is 12.1 Å². The fourth-order valence-electron chi connectivity index (χ4n) is 3.00. The van der Waals surface area contributed by atoms with Gasteiger partial charge in [0.2, 0.25) is 0 Å². The number of carbonyl (C=O) groups is 1. The molecule has 10 heteroatoms. The first-order valence-electron chi connectivity index (χ1n) is 8.98. The van der Waals surface area contributed by atoms with Crippen LogP contribution in [-0.4, -0.2) is 30.3 Å². The number of nitrogens with one attached hydrogen (secondary N) is 1. The van der Waals surface area contributed by atoms with Gasteiger partial charge in [-0.25, -0.2) is 9.50 Å². The van der Waals surface area contributed by atoms with E-state index in [4.69, 9.17) is 0 Å². The van der Waals surface area contributed by atoms with E-state index in [2.05, 4.69) is 20.5 Å². The molecule has 1 amide bonds. The molecular formula is C20H17F3N6O. The molecule has 0 spiro atoms. The maximum Gasteiger partial charge on any atom is 0.433 e. The molecule has 1 aromatic carbocycles. The summed E-state index contributed by atoms with van der Waals surface area (Å²) in [6.45, 7) is 3.79. The fraction of sp³-hybridized carbons (Fsp3) is 0.200. The second kappa shape index (κ2) is 6.97. The van der Waals surface area contributed by atoms with Crippen molar-refractivity contribution in [2.24, 2.45) is 7.05 Å². The van der Waals surface area contributed by atoms with Gasteiger partial charge < -0.3 is 5.32 Å².